The van der Waals surface area contributed by atoms with Crippen molar-refractivity contribution in [2.24, 2.45) is 0 Å². The molecule has 0 radical (unpaired) electrons. The van der Waals surface area contributed by atoms with Gasteiger partial charge in [-0.2, -0.15) is 0 Å². The molecule has 3 aromatic carbocycles. The summed E-state index contributed by atoms with van der Waals surface area (Å²) >= 11 is 1.36. The Labute approximate surface area is 218 Å². The third-order valence-corrected chi connectivity index (χ3v) is 6.94. The van der Waals surface area contributed by atoms with Crippen molar-refractivity contribution in [2.75, 3.05) is 10.6 Å². The van der Waals surface area contributed by atoms with E-state index in [2.05, 4.69) is 10.6 Å². The molecule has 0 spiro atoms. The molecule has 1 saturated heterocycles. The van der Waals surface area contributed by atoms with Gasteiger partial charge in [0.25, 0.3) is 11.8 Å². The van der Waals surface area contributed by atoms with Gasteiger partial charge in [0.05, 0.1) is 11.4 Å². The molecule has 1 aliphatic heterocycles. The van der Waals surface area contributed by atoms with Crippen molar-refractivity contribution in [1.82, 2.24) is 4.90 Å². The molecule has 2 atom stereocenters. The van der Waals surface area contributed by atoms with E-state index in [1.54, 1.807) is 42.5 Å². The van der Waals surface area contributed by atoms with E-state index in [1.807, 2.05) is 60.8 Å². The van der Waals surface area contributed by atoms with Crippen molar-refractivity contribution in [1.29, 1.82) is 0 Å². The summed E-state index contributed by atoms with van der Waals surface area (Å²) in [6.07, 6.45) is -1.38. The number of hydrogen-bond donors (Lipinski definition) is 2. The Morgan fingerprint density at radius 3 is 2.35 bits per heavy atom. The number of para-hydroxylation sites is 1. The zero-order valence-electron chi connectivity index (χ0n) is 20.1. The zero-order chi connectivity index (χ0) is 25.8. The average molecular weight is 512 g/mol. The largest absolute Gasteiger partial charge is 0.438 e. The highest BCUT2D eigenvalue weighted by Gasteiger charge is 2.47. The number of nitrogens with zero attached hydrogens (tertiary/aromatic N) is 1. The minimum atomic E-state index is -0.889. The molecule has 186 valence electrons. The first-order valence-corrected chi connectivity index (χ1v) is 12.7. The van der Waals surface area contributed by atoms with Gasteiger partial charge in [-0.15, -0.1) is 11.3 Å². The zero-order valence-corrected chi connectivity index (χ0v) is 20.9. The van der Waals surface area contributed by atoms with E-state index in [-0.39, 0.29) is 18.4 Å². The molecule has 5 rings (SSSR count). The van der Waals surface area contributed by atoms with Crippen LogP contribution in [0.5, 0.6) is 0 Å². The van der Waals surface area contributed by atoms with Crippen molar-refractivity contribution in [3.8, 4) is 0 Å². The number of ether oxygens (including phenoxy) is 1. The molecule has 0 aliphatic carbocycles. The Morgan fingerprint density at radius 2 is 1.65 bits per heavy atom. The van der Waals surface area contributed by atoms with Crippen LogP contribution in [0.3, 0.4) is 0 Å². The molecule has 2 N–H and O–H groups in total. The van der Waals surface area contributed by atoms with Gasteiger partial charge in [0.2, 0.25) is 0 Å². The molecule has 0 saturated carbocycles. The summed E-state index contributed by atoms with van der Waals surface area (Å²) in [6.45, 7) is 2.21. The van der Waals surface area contributed by atoms with Crippen molar-refractivity contribution < 1.29 is 19.1 Å². The topological polar surface area (TPSA) is 87.7 Å². The van der Waals surface area contributed by atoms with Gasteiger partial charge in [-0.1, -0.05) is 66.2 Å². The number of anilines is 2. The minimum absolute atomic E-state index is 0.195. The van der Waals surface area contributed by atoms with Gasteiger partial charge in [-0.25, -0.2) is 4.79 Å². The summed E-state index contributed by atoms with van der Waals surface area (Å²) in [5.41, 5.74) is 3.86. The molecule has 1 fully saturated rings. The van der Waals surface area contributed by atoms with E-state index in [1.165, 1.54) is 16.2 Å². The smallest absolute Gasteiger partial charge is 0.411 e. The average Bonchev–Trinajstić information content (AvgIpc) is 3.54. The van der Waals surface area contributed by atoms with E-state index in [0.717, 1.165) is 11.1 Å². The van der Waals surface area contributed by atoms with Crippen LogP contribution in [0.1, 0.15) is 32.5 Å². The van der Waals surface area contributed by atoms with Crippen LogP contribution in [-0.2, 0) is 16.1 Å². The lowest BCUT2D eigenvalue weighted by atomic mass is 10.00. The van der Waals surface area contributed by atoms with Crippen LogP contribution in [0.25, 0.3) is 0 Å². The number of thiophene rings is 1. The maximum absolute atomic E-state index is 13.5. The number of nitrogens with one attached hydrogen (secondary N) is 2. The van der Waals surface area contributed by atoms with Crippen LogP contribution in [0, 0.1) is 6.92 Å². The number of rotatable bonds is 7. The lowest BCUT2D eigenvalue weighted by Gasteiger charge is -2.24. The summed E-state index contributed by atoms with van der Waals surface area (Å²) in [5.74, 6) is -0.538. The van der Waals surface area contributed by atoms with Crippen LogP contribution in [0.15, 0.2) is 96.4 Å². The highest BCUT2D eigenvalue weighted by molar-refractivity contribution is 7.12. The van der Waals surface area contributed by atoms with Crippen molar-refractivity contribution in [3.63, 3.8) is 0 Å². The summed E-state index contributed by atoms with van der Waals surface area (Å²) < 4.78 is 5.75. The molecular formula is C29H25N3O4S. The molecule has 7 nitrogen and oxygen atoms in total. The fourth-order valence-electron chi connectivity index (χ4n) is 4.31. The number of cyclic esters (lactones) is 1. The maximum atomic E-state index is 13.5. The Balaban J connectivity index is 1.40. The molecule has 4 aromatic rings. The van der Waals surface area contributed by atoms with Gasteiger partial charge >= 0.3 is 6.09 Å². The van der Waals surface area contributed by atoms with Crippen LogP contribution >= 0.6 is 11.3 Å². The van der Waals surface area contributed by atoms with Crippen LogP contribution < -0.4 is 10.6 Å². The van der Waals surface area contributed by atoms with E-state index in [4.69, 9.17) is 4.74 Å². The fourth-order valence-corrected chi connectivity index (χ4v) is 4.93. The van der Waals surface area contributed by atoms with E-state index in [0.29, 0.717) is 21.8 Å². The standard InChI is InChI=1S/C29H25N3O4S/c1-19-7-5-8-20(17-19)18-32-25(28(34)31-22-9-3-2-4-10-22)26(36-29(32)35)21-12-14-23(15-13-21)30-27(33)24-11-6-16-37-24/h2-17,25-26H,18H2,1H3,(H,30,33)(H,31,34)/t25-,26-/m0/s1. The first-order valence-electron chi connectivity index (χ1n) is 11.8. The quantitative estimate of drug-likeness (QED) is 0.318. The second-order valence-electron chi connectivity index (χ2n) is 8.77. The molecule has 3 amide bonds. The summed E-state index contributed by atoms with van der Waals surface area (Å²) in [5, 5.41) is 7.62. The van der Waals surface area contributed by atoms with Crippen molar-refractivity contribution in [3.05, 3.63) is 118 Å². The third kappa shape index (κ3) is 5.54. The Kier molecular flexibility index (Phi) is 7.00. The SMILES string of the molecule is Cc1cccc(CN2C(=O)O[C@@H](c3ccc(NC(=O)c4cccs4)cc3)[C@H]2C(=O)Nc2ccccc2)c1. The highest BCUT2D eigenvalue weighted by atomic mass is 32.1. The molecule has 8 heteroatoms. The Hall–Kier alpha value is -4.43. The van der Waals surface area contributed by atoms with Gasteiger partial charge in [-0.3, -0.25) is 14.5 Å². The number of hydrogen-bond acceptors (Lipinski definition) is 5. The Bertz CT molecular complexity index is 1400. The monoisotopic (exact) mass is 511 g/mol. The van der Waals surface area contributed by atoms with Crippen molar-refractivity contribution >= 4 is 40.6 Å². The minimum Gasteiger partial charge on any atom is -0.438 e. The summed E-state index contributed by atoms with van der Waals surface area (Å²) in [7, 11) is 0. The fraction of sp³-hybridized carbons (Fsp3) is 0.138. The first-order chi connectivity index (χ1) is 18.0. The normalized spacial score (nSPS) is 16.8. The van der Waals surface area contributed by atoms with Gasteiger partial charge in [-0.05, 0) is 53.8 Å². The lowest BCUT2D eigenvalue weighted by Crippen LogP contribution is -2.43. The number of carbonyl (C=O) groups excluding carboxylic acids is 3. The van der Waals surface area contributed by atoms with Gasteiger partial charge < -0.3 is 15.4 Å². The predicted octanol–water partition coefficient (Wildman–Crippen LogP) is 6.01. The number of aryl methyl sites for hydroxylation is 1. The summed E-state index contributed by atoms with van der Waals surface area (Å²) in [4.78, 5) is 41.0. The molecule has 0 bridgehead atoms. The second-order valence-corrected chi connectivity index (χ2v) is 9.72. The van der Waals surface area contributed by atoms with Gasteiger partial charge in [0.1, 0.15) is 0 Å². The maximum Gasteiger partial charge on any atom is 0.411 e. The third-order valence-electron chi connectivity index (χ3n) is 6.07. The second kappa shape index (κ2) is 10.7. The van der Waals surface area contributed by atoms with Gasteiger partial charge in [0.15, 0.2) is 12.1 Å². The predicted molar refractivity (Wildman–Crippen MR) is 144 cm³/mol. The van der Waals surface area contributed by atoms with Crippen LogP contribution in [-0.4, -0.2) is 28.8 Å². The van der Waals surface area contributed by atoms with Crippen molar-refractivity contribution in [2.45, 2.75) is 25.6 Å². The molecule has 1 aliphatic rings. The number of amides is 3. The van der Waals surface area contributed by atoms with E-state index >= 15 is 0 Å². The lowest BCUT2D eigenvalue weighted by molar-refractivity contribution is -0.121. The summed E-state index contributed by atoms with van der Waals surface area (Å²) in [6, 6.07) is 26.6. The Morgan fingerprint density at radius 1 is 0.892 bits per heavy atom. The molecule has 2 heterocycles. The van der Waals surface area contributed by atoms with Crippen LogP contribution in [0.4, 0.5) is 16.2 Å². The molecule has 37 heavy (non-hydrogen) atoms. The molecule has 1 aromatic heterocycles. The number of benzene rings is 3. The molecule has 0 unspecified atom stereocenters. The van der Waals surface area contributed by atoms with E-state index in [9.17, 15) is 14.4 Å². The number of carbonyl (C=O) groups is 3. The first kappa shape index (κ1) is 24.3. The molecular weight excluding hydrogens is 486 g/mol. The van der Waals surface area contributed by atoms with Gasteiger partial charge in [0, 0.05) is 11.4 Å². The van der Waals surface area contributed by atoms with Crippen LogP contribution in [0.2, 0.25) is 0 Å². The van der Waals surface area contributed by atoms with E-state index < -0.39 is 18.2 Å². The highest BCUT2D eigenvalue weighted by Crippen LogP contribution is 2.35.